The molecule has 4 nitrogen and oxygen atoms in total. The molecule has 2 rings (SSSR count). The number of carboxylic acids is 1. The van der Waals surface area contributed by atoms with E-state index in [-0.39, 0.29) is 11.5 Å². The number of nitrogens with one attached hydrogen (secondary N) is 1. The van der Waals surface area contributed by atoms with Crippen LogP contribution in [0.3, 0.4) is 0 Å². The van der Waals surface area contributed by atoms with Gasteiger partial charge in [0, 0.05) is 12.1 Å². The minimum Gasteiger partial charge on any atom is -0.478 e. The van der Waals surface area contributed by atoms with E-state index in [2.05, 4.69) is 19.2 Å². The summed E-state index contributed by atoms with van der Waals surface area (Å²) in [5, 5.41) is 11.7. The van der Waals surface area contributed by atoms with Crippen LogP contribution in [0.25, 0.3) is 0 Å². The normalized spacial score (nSPS) is 10.5. The number of aromatic carboxylic acids is 1. The molecule has 0 unspecified atom stereocenters. The highest BCUT2D eigenvalue weighted by Crippen LogP contribution is 2.14. The monoisotopic (exact) mass is 297 g/mol. The zero-order valence-corrected chi connectivity index (χ0v) is 12.7. The Morgan fingerprint density at radius 1 is 0.955 bits per heavy atom. The molecule has 0 spiro atoms. The summed E-state index contributed by atoms with van der Waals surface area (Å²) in [4.78, 5) is 22.8. The lowest BCUT2D eigenvalue weighted by atomic mass is 10.0. The highest BCUT2D eigenvalue weighted by Gasteiger charge is 2.07. The van der Waals surface area contributed by atoms with Gasteiger partial charge < -0.3 is 10.4 Å². The van der Waals surface area contributed by atoms with Gasteiger partial charge >= 0.3 is 5.97 Å². The fourth-order valence-electron chi connectivity index (χ4n) is 2.07. The Bertz CT molecular complexity index is 658. The van der Waals surface area contributed by atoms with Crippen LogP contribution in [0, 0.1) is 0 Å². The van der Waals surface area contributed by atoms with E-state index in [1.54, 1.807) is 12.1 Å². The van der Waals surface area contributed by atoms with E-state index in [4.69, 9.17) is 5.11 Å². The molecule has 0 fully saturated rings. The van der Waals surface area contributed by atoms with Crippen molar-refractivity contribution in [1.29, 1.82) is 0 Å². The first-order chi connectivity index (χ1) is 10.5. The van der Waals surface area contributed by atoms with Gasteiger partial charge in [-0.3, -0.25) is 4.79 Å². The fraction of sp³-hybridized carbons (Fsp3) is 0.222. The Kier molecular flexibility index (Phi) is 4.94. The zero-order chi connectivity index (χ0) is 16.1. The van der Waals surface area contributed by atoms with Crippen molar-refractivity contribution >= 4 is 11.9 Å². The van der Waals surface area contributed by atoms with Gasteiger partial charge in [-0.25, -0.2) is 4.79 Å². The second kappa shape index (κ2) is 6.89. The van der Waals surface area contributed by atoms with Crippen LogP contribution in [0.5, 0.6) is 0 Å². The van der Waals surface area contributed by atoms with Crippen molar-refractivity contribution in [1.82, 2.24) is 5.32 Å². The Balaban J connectivity index is 1.96. The molecule has 114 valence electrons. The highest BCUT2D eigenvalue weighted by molar-refractivity contribution is 5.94. The van der Waals surface area contributed by atoms with Gasteiger partial charge in [0.05, 0.1) is 5.56 Å². The van der Waals surface area contributed by atoms with Crippen LogP contribution >= 0.6 is 0 Å². The predicted octanol–water partition coefficient (Wildman–Crippen LogP) is 3.44. The smallest absolute Gasteiger partial charge is 0.335 e. The van der Waals surface area contributed by atoms with Crippen LogP contribution in [-0.4, -0.2) is 17.0 Å². The Labute approximate surface area is 129 Å². The van der Waals surface area contributed by atoms with Gasteiger partial charge in [0.1, 0.15) is 0 Å². The van der Waals surface area contributed by atoms with Crippen molar-refractivity contribution in [2.45, 2.75) is 26.3 Å². The molecule has 4 heteroatoms. The lowest BCUT2D eigenvalue weighted by Gasteiger charge is -2.08. The molecule has 0 saturated carbocycles. The number of carbonyl (C=O) groups excluding carboxylic acids is 1. The lowest BCUT2D eigenvalue weighted by molar-refractivity contribution is 0.0696. The number of hydrogen-bond donors (Lipinski definition) is 2. The second-order valence-corrected chi connectivity index (χ2v) is 5.46. The van der Waals surface area contributed by atoms with E-state index >= 15 is 0 Å². The summed E-state index contributed by atoms with van der Waals surface area (Å²) < 4.78 is 0. The third-order valence-corrected chi connectivity index (χ3v) is 3.49. The number of hydrogen-bond acceptors (Lipinski definition) is 2. The molecule has 2 N–H and O–H groups in total. The second-order valence-electron chi connectivity index (χ2n) is 5.46. The van der Waals surface area contributed by atoms with E-state index in [1.807, 2.05) is 24.3 Å². The lowest BCUT2D eigenvalue weighted by Crippen LogP contribution is -2.22. The maximum atomic E-state index is 12.1. The van der Waals surface area contributed by atoms with Crippen molar-refractivity contribution in [3.05, 3.63) is 70.8 Å². The molecule has 0 aliphatic rings. The van der Waals surface area contributed by atoms with Gasteiger partial charge in [0.2, 0.25) is 0 Å². The number of carboxylic acid groups (broad SMARTS) is 1. The van der Waals surface area contributed by atoms with Crippen LogP contribution < -0.4 is 5.32 Å². The van der Waals surface area contributed by atoms with E-state index in [9.17, 15) is 9.59 Å². The van der Waals surface area contributed by atoms with Gasteiger partial charge in [0.25, 0.3) is 5.91 Å². The molecule has 0 aromatic heterocycles. The standard InChI is InChI=1S/C18H19NO3/c1-12(2)14-7-9-15(10-8-14)17(20)19-11-13-3-5-16(6-4-13)18(21)22/h3-10,12H,11H2,1-2H3,(H,19,20)(H,21,22). The molecule has 2 aromatic carbocycles. The average molecular weight is 297 g/mol. The Hall–Kier alpha value is -2.62. The minimum atomic E-state index is -0.958. The zero-order valence-electron chi connectivity index (χ0n) is 12.7. The molecule has 0 aliphatic heterocycles. The van der Waals surface area contributed by atoms with Crippen molar-refractivity contribution in [3.8, 4) is 0 Å². The topological polar surface area (TPSA) is 66.4 Å². The van der Waals surface area contributed by atoms with Gasteiger partial charge in [0.15, 0.2) is 0 Å². The van der Waals surface area contributed by atoms with E-state index < -0.39 is 5.97 Å². The first-order valence-corrected chi connectivity index (χ1v) is 7.18. The summed E-state index contributed by atoms with van der Waals surface area (Å²) >= 11 is 0. The molecule has 0 saturated heterocycles. The van der Waals surface area contributed by atoms with Crippen LogP contribution in [0.2, 0.25) is 0 Å². The number of carbonyl (C=O) groups is 2. The number of rotatable bonds is 5. The molecule has 1 amide bonds. The van der Waals surface area contributed by atoms with Crippen molar-refractivity contribution in [3.63, 3.8) is 0 Å². The predicted molar refractivity (Wildman–Crippen MR) is 85.1 cm³/mol. The summed E-state index contributed by atoms with van der Waals surface area (Å²) in [6.07, 6.45) is 0. The summed E-state index contributed by atoms with van der Waals surface area (Å²) in [7, 11) is 0. The summed E-state index contributed by atoms with van der Waals surface area (Å²) in [5.74, 6) is -0.664. The average Bonchev–Trinajstić information content (AvgIpc) is 2.53. The summed E-state index contributed by atoms with van der Waals surface area (Å²) in [6.45, 7) is 4.58. The molecule has 22 heavy (non-hydrogen) atoms. The first-order valence-electron chi connectivity index (χ1n) is 7.18. The molecule has 2 aromatic rings. The first kappa shape index (κ1) is 15.8. The molecule has 0 aliphatic carbocycles. The molecular formula is C18H19NO3. The molecule has 0 atom stereocenters. The maximum Gasteiger partial charge on any atom is 0.335 e. The van der Waals surface area contributed by atoms with Gasteiger partial charge in [-0.05, 0) is 41.3 Å². The van der Waals surface area contributed by atoms with Gasteiger partial charge in [-0.2, -0.15) is 0 Å². The summed E-state index contributed by atoms with van der Waals surface area (Å²) in [5.41, 5.74) is 2.91. The third-order valence-electron chi connectivity index (χ3n) is 3.49. The Morgan fingerprint density at radius 2 is 1.50 bits per heavy atom. The van der Waals surface area contributed by atoms with Crippen molar-refractivity contribution in [2.24, 2.45) is 0 Å². The highest BCUT2D eigenvalue weighted by atomic mass is 16.4. The van der Waals surface area contributed by atoms with Crippen molar-refractivity contribution < 1.29 is 14.7 Å². The maximum absolute atomic E-state index is 12.1. The molecule has 0 radical (unpaired) electrons. The van der Waals surface area contributed by atoms with Gasteiger partial charge in [-0.1, -0.05) is 38.1 Å². The SMILES string of the molecule is CC(C)c1ccc(C(=O)NCc2ccc(C(=O)O)cc2)cc1. The number of benzene rings is 2. The van der Waals surface area contributed by atoms with E-state index in [1.165, 1.54) is 17.7 Å². The molecule has 0 heterocycles. The third kappa shape index (κ3) is 3.95. The van der Waals surface area contributed by atoms with Crippen LogP contribution in [0.1, 0.15) is 51.6 Å². The molecule has 0 bridgehead atoms. The fourth-order valence-corrected chi connectivity index (χ4v) is 2.07. The van der Waals surface area contributed by atoms with Crippen LogP contribution in [0.4, 0.5) is 0 Å². The van der Waals surface area contributed by atoms with E-state index in [0.717, 1.165) is 5.56 Å². The summed E-state index contributed by atoms with van der Waals surface area (Å²) in [6, 6.07) is 14.0. The van der Waals surface area contributed by atoms with E-state index in [0.29, 0.717) is 18.0 Å². The molecular weight excluding hydrogens is 278 g/mol. The van der Waals surface area contributed by atoms with Crippen molar-refractivity contribution in [2.75, 3.05) is 0 Å². The van der Waals surface area contributed by atoms with Crippen LogP contribution in [-0.2, 0) is 6.54 Å². The minimum absolute atomic E-state index is 0.141. The van der Waals surface area contributed by atoms with Gasteiger partial charge in [-0.15, -0.1) is 0 Å². The number of amides is 1. The quantitative estimate of drug-likeness (QED) is 0.888. The van der Waals surface area contributed by atoms with Crippen LogP contribution in [0.15, 0.2) is 48.5 Å². The Morgan fingerprint density at radius 3 is 2.00 bits per heavy atom. The largest absolute Gasteiger partial charge is 0.478 e.